The highest BCUT2D eigenvalue weighted by molar-refractivity contribution is 6.24. The summed E-state index contributed by atoms with van der Waals surface area (Å²) in [6.45, 7) is 8.63. The zero-order chi connectivity index (χ0) is 20.8. The zero-order valence-corrected chi connectivity index (χ0v) is 18.1. The molecule has 0 bridgehead atoms. The minimum atomic E-state index is 1.33. The van der Waals surface area contributed by atoms with Gasteiger partial charge in [-0.15, -0.1) is 0 Å². The van der Waals surface area contributed by atoms with Crippen LogP contribution in [0, 0.1) is 27.7 Å². The van der Waals surface area contributed by atoms with Crippen LogP contribution >= 0.6 is 0 Å². The summed E-state index contributed by atoms with van der Waals surface area (Å²) >= 11 is 0. The summed E-state index contributed by atoms with van der Waals surface area (Å²) in [7, 11) is 0. The molecule has 0 aliphatic rings. The molecule has 0 radical (unpaired) electrons. The van der Waals surface area contributed by atoms with Crippen molar-refractivity contribution in [2.75, 3.05) is 0 Å². The fourth-order valence-electron chi connectivity index (χ4n) is 4.58. The Hall–Kier alpha value is -3.38. The number of hydrogen-bond acceptors (Lipinski definition) is 0. The van der Waals surface area contributed by atoms with Crippen LogP contribution in [0.5, 0.6) is 0 Å². The summed E-state index contributed by atoms with van der Waals surface area (Å²) in [6, 6.07) is 31.0. The smallest absolute Gasteiger partial charge is 0.00240 e. The number of benzene rings is 6. The highest BCUT2D eigenvalue weighted by Crippen LogP contribution is 2.36. The van der Waals surface area contributed by atoms with Crippen molar-refractivity contribution in [1.29, 1.82) is 0 Å². The molecule has 0 aliphatic carbocycles. The molecule has 6 aromatic rings. The number of rotatable bonds is 0. The summed E-state index contributed by atoms with van der Waals surface area (Å²) in [4.78, 5) is 0. The molecule has 0 aromatic heterocycles. The molecule has 0 atom stereocenters. The highest BCUT2D eigenvalue weighted by Gasteiger charge is 2.10. The Morgan fingerprint density at radius 2 is 0.733 bits per heavy atom. The fourth-order valence-corrected chi connectivity index (χ4v) is 4.58. The average Bonchev–Trinajstić information content (AvgIpc) is 2.75. The van der Waals surface area contributed by atoms with Gasteiger partial charge in [-0.3, -0.25) is 0 Å². The maximum atomic E-state index is 2.26. The Labute approximate surface area is 178 Å². The van der Waals surface area contributed by atoms with E-state index < -0.39 is 0 Å². The molecule has 0 N–H and O–H groups in total. The van der Waals surface area contributed by atoms with Crippen LogP contribution in [0.3, 0.4) is 0 Å². The van der Waals surface area contributed by atoms with Gasteiger partial charge in [0, 0.05) is 0 Å². The van der Waals surface area contributed by atoms with Gasteiger partial charge in [-0.05, 0) is 81.9 Å². The second-order valence-corrected chi connectivity index (χ2v) is 8.54. The van der Waals surface area contributed by atoms with Crippen LogP contribution in [0.2, 0.25) is 0 Å². The molecule has 0 heteroatoms. The molecule has 6 rings (SSSR count). The zero-order valence-electron chi connectivity index (χ0n) is 18.1. The Morgan fingerprint density at radius 3 is 1.17 bits per heavy atom. The molecule has 0 amide bonds. The second kappa shape index (κ2) is 7.15. The van der Waals surface area contributed by atoms with Gasteiger partial charge in [0.05, 0.1) is 0 Å². The molecule has 0 saturated heterocycles. The van der Waals surface area contributed by atoms with E-state index in [1.54, 1.807) is 0 Å². The molecule has 0 heterocycles. The monoisotopic (exact) mass is 386 g/mol. The lowest BCUT2D eigenvalue weighted by Crippen LogP contribution is -1.87. The summed E-state index contributed by atoms with van der Waals surface area (Å²) in [5, 5.41) is 11.0. The normalized spacial score (nSPS) is 11.3. The van der Waals surface area contributed by atoms with Gasteiger partial charge in [0.25, 0.3) is 0 Å². The topological polar surface area (TPSA) is 0 Å². The minimum absolute atomic E-state index is 1.33. The van der Waals surface area contributed by atoms with Crippen LogP contribution < -0.4 is 0 Å². The van der Waals surface area contributed by atoms with Gasteiger partial charge in [-0.25, -0.2) is 0 Å². The van der Waals surface area contributed by atoms with Gasteiger partial charge in [0.1, 0.15) is 0 Å². The molecule has 0 aliphatic heterocycles. The minimum Gasteiger partial charge on any atom is -0.0587 e. The number of hydrogen-bond donors (Lipinski definition) is 0. The lowest BCUT2D eigenvalue weighted by Gasteiger charge is -2.13. The van der Waals surface area contributed by atoms with E-state index in [-0.39, 0.29) is 0 Å². The lowest BCUT2D eigenvalue weighted by atomic mass is 9.91. The first-order valence-corrected chi connectivity index (χ1v) is 10.6. The average molecular weight is 387 g/mol. The van der Waals surface area contributed by atoms with Crippen LogP contribution in [0.4, 0.5) is 0 Å². The van der Waals surface area contributed by atoms with Crippen molar-refractivity contribution in [1.82, 2.24) is 0 Å². The van der Waals surface area contributed by atoms with Crippen molar-refractivity contribution in [3.8, 4) is 0 Å². The Bertz CT molecular complexity index is 1400. The molecule has 0 saturated carbocycles. The summed E-state index contributed by atoms with van der Waals surface area (Å²) in [5.74, 6) is 0. The molecule has 0 unspecified atom stereocenters. The van der Waals surface area contributed by atoms with E-state index in [2.05, 4.69) is 113 Å². The third-order valence-corrected chi connectivity index (χ3v) is 6.25. The third kappa shape index (κ3) is 3.09. The first-order chi connectivity index (χ1) is 14.5. The summed E-state index contributed by atoms with van der Waals surface area (Å²) < 4.78 is 0. The van der Waals surface area contributed by atoms with Crippen LogP contribution in [0.15, 0.2) is 84.9 Å². The summed E-state index contributed by atoms with van der Waals surface area (Å²) in [5.41, 5.74) is 5.37. The van der Waals surface area contributed by atoms with Gasteiger partial charge >= 0.3 is 0 Å². The van der Waals surface area contributed by atoms with Crippen molar-refractivity contribution in [3.63, 3.8) is 0 Å². The van der Waals surface area contributed by atoms with E-state index in [1.165, 1.54) is 65.3 Å². The maximum Gasteiger partial charge on any atom is -0.00240 e. The van der Waals surface area contributed by atoms with Gasteiger partial charge in [0.15, 0.2) is 0 Å². The Balaban J connectivity index is 0.000000140. The Morgan fingerprint density at radius 1 is 0.367 bits per heavy atom. The van der Waals surface area contributed by atoms with Crippen LogP contribution in [-0.2, 0) is 0 Å². The lowest BCUT2D eigenvalue weighted by molar-refractivity contribution is 1.47. The van der Waals surface area contributed by atoms with E-state index in [1.807, 2.05) is 0 Å². The molecular weight excluding hydrogens is 360 g/mol. The molecule has 146 valence electrons. The van der Waals surface area contributed by atoms with Crippen molar-refractivity contribution >= 4 is 43.1 Å². The van der Waals surface area contributed by atoms with Crippen molar-refractivity contribution < 1.29 is 0 Å². The molecular formula is C30H26. The van der Waals surface area contributed by atoms with Crippen LogP contribution in [0.1, 0.15) is 22.3 Å². The van der Waals surface area contributed by atoms with E-state index >= 15 is 0 Å². The fraction of sp³-hybridized carbons (Fsp3) is 0.133. The van der Waals surface area contributed by atoms with Crippen LogP contribution in [0.25, 0.3) is 43.1 Å². The maximum absolute atomic E-state index is 2.26. The third-order valence-electron chi connectivity index (χ3n) is 6.25. The first kappa shape index (κ1) is 18.6. The van der Waals surface area contributed by atoms with Crippen molar-refractivity contribution in [2.24, 2.45) is 0 Å². The predicted molar refractivity (Wildman–Crippen MR) is 133 cm³/mol. The van der Waals surface area contributed by atoms with E-state index in [0.29, 0.717) is 0 Å². The number of aryl methyl sites for hydroxylation is 4. The SMILES string of the molecule is Cc1ccc2cc(C)ccc2c1.Cc1ccc2ccc3c(C)ccc4ccc1c2c43. The number of fused-ring (bicyclic) bond motifs is 1. The molecule has 30 heavy (non-hydrogen) atoms. The van der Waals surface area contributed by atoms with Crippen molar-refractivity contribution in [2.45, 2.75) is 27.7 Å². The second-order valence-electron chi connectivity index (χ2n) is 8.54. The standard InChI is InChI=1S/C18H14.C12H12/c1-11-3-5-13-8-10-16-12(2)4-6-14-7-9-15(11)17(13)18(14)16;1-9-3-5-12-8-10(2)4-6-11(12)7-9/h3-10H,1-2H3;3-8H,1-2H3. The van der Waals surface area contributed by atoms with E-state index in [0.717, 1.165) is 0 Å². The summed E-state index contributed by atoms with van der Waals surface area (Å²) in [6.07, 6.45) is 0. The first-order valence-electron chi connectivity index (χ1n) is 10.6. The van der Waals surface area contributed by atoms with Gasteiger partial charge < -0.3 is 0 Å². The molecule has 0 spiro atoms. The molecule has 0 nitrogen and oxygen atoms in total. The molecule has 0 fully saturated rings. The van der Waals surface area contributed by atoms with Gasteiger partial charge in [-0.1, -0.05) is 96.1 Å². The van der Waals surface area contributed by atoms with Crippen LogP contribution in [-0.4, -0.2) is 0 Å². The Kier molecular flexibility index (Phi) is 4.44. The van der Waals surface area contributed by atoms with E-state index in [4.69, 9.17) is 0 Å². The largest absolute Gasteiger partial charge is 0.0587 e. The van der Waals surface area contributed by atoms with Crippen molar-refractivity contribution in [3.05, 3.63) is 107 Å². The highest BCUT2D eigenvalue weighted by atomic mass is 14.1. The van der Waals surface area contributed by atoms with Gasteiger partial charge in [0.2, 0.25) is 0 Å². The molecule has 6 aromatic carbocycles. The van der Waals surface area contributed by atoms with E-state index in [9.17, 15) is 0 Å². The quantitative estimate of drug-likeness (QED) is 0.229. The predicted octanol–water partition coefficient (Wildman–Crippen LogP) is 8.66. The van der Waals surface area contributed by atoms with Gasteiger partial charge in [-0.2, -0.15) is 0 Å².